The van der Waals surface area contributed by atoms with Crippen molar-refractivity contribution in [3.05, 3.63) is 71.8 Å². The van der Waals surface area contributed by atoms with E-state index in [0.29, 0.717) is 23.2 Å². The summed E-state index contributed by atoms with van der Waals surface area (Å²) in [5.74, 6) is -1.67. The van der Waals surface area contributed by atoms with Crippen molar-refractivity contribution in [1.29, 1.82) is 0 Å². The lowest BCUT2D eigenvalue weighted by atomic mass is 10.1. The number of nitrogens with zero attached hydrogens (tertiary/aromatic N) is 1. The highest BCUT2D eigenvalue weighted by molar-refractivity contribution is 6.39. The van der Waals surface area contributed by atoms with Crippen molar-refractivity contribution in [3.8, 4) is 5.75 Å². The van der Waals surface area contributed by atoms with Crippen LogP contribution in [0, 0.1) is 6.92 Å². The Morgan fingerprint density at radius 2 is 1.96 bits per heavy atom. The van der Waals surface area contributed by atoms with Gasteiger partial charge >= 0.3 is 11.8 Å². The van der Waals surface area contributed by atoms with Gasteiger partial charge in [-0.05, 0) is 42.7 Å². The number of anilines is 1. The predicted octanol–water partition coefficient (Wildman–Crippen LogP) is 2.52. The predicted molar refractivity (Wildman–Crippen MR) is 97.6 cm³/mol. The first-order chi connectivity index (χ1) is 12.0. The smallest absolute Gasteiger partial charge is 0.329 e. The fourth-order valence-corrected chi connectivity index (χ4v) is 2.16. The fourth-order valence-electron chi connectivity index (χ4n) is 2.16. The first-order valence-electron chi connectivity index (χ1n) is 7.64. The summed E-state index contributed by atoms with van der Waals surface area (Å²) in [7, 11) is 0. The SMILES string of the molecule is C=CCc1cccc(/C=N/NC(=O)C(=O)Nc2cccc(C)c2)c1O. The Labute approximate surface area is 145 Å². The van der Waals surface area contributed by atoms with Crippen molar-refractivity contribution in [3.63, 3.8) is 0 Å². The standard InChI is InChI=1S/C19H19N3O3/c1-3-6-14-8-5-9-15(17(14)23)12-20-22-19(25)18(24)21-16-10-4-7-13(2)11-16/h3-5,7-12,23H,1,6H2,2H3,(H,21,24)(H,22,25)/b20-12+. The molecular weight excluding hydrogens is 318 g/mol. The number of phenols is 1. The van der Waals surface area contributed by atoms with Gasteiger partial charge in [0.1, 0.15) is 5.75 Å². The van der Waals surface area contributed by atoms with Gasteiger partial charge in [0.15, 0.2) is 0 Å². The van der Waals surface area contributed by atoms with Crippen LogP contribution in [0.15, 0.2) is 60.2 Å². The molecule has 0 heterocycles. The van der Waals surface area contributed by atoms with Crippen molar-refractivity contribution in [2.75, 3.05) is 5.32 Å². The van der Waals surface area contributed by atoms with Crippen LogP contribution in [0.2, 0.25) is 0 Å². The van der Waals surface area contributed by atoms with Crippen LogP contribution in [0.25, 0.3) is 0 Å². The molecule has 2 rings (SSSR count). The van der Waals surface area contributed by atoms with Gasteiger partial charge in [0.25, 0.3) is 0 Å². The molecule has 0 aliphatic rings. The van der Waals surface area contributed by atoms with E-state index in [0.717, 1.165) is 5.56 Å². The van der Waals surface area contributed by atoms with Gasteiger partial charge in [0.2, 0.25) is 0 Å². The first-order valence-corrected chi connectivity index (χ1v) is 7.64. The van der Waals surface area contributed by atoms with Gasteiger partial charge in [-0.1, -0.05) is 30.3 Å². The van der Waals surface area contributed by atoms with Gasteiger partial charge < -0.3 is 10.4 Å². The van der Waals surface area contributed by atoms with Gasteiger partial charge in [0.05, 0.1) is 6.21 Å². The number of aromatic hydroxyl groups is 1. The number of carbonyl (C=O) groups excluding carboxylic acids is 2. The maximum Gasteiger partial charge on any atom is 0.329 e. The number of para-hydroxylation sites is 1. The molecule has 2 aromatic rings. The molecule has 0 aliphatic heterocycles. The molecule has 0 unspecified atom stereocenters. The first kappa shape index (κ1) is 17.9. The Morgan fingerprint density at radius 1 is 1.20 bits per heavy atom. The van der Waals surface area contributed by atoms with E-state index in [-0.39, 0.29) is 5.75 Å². The number of carbonyl (C=O) groups is 2. The highest BCUT2D eigenvalue weighted by Gasteiger charge is 2.13. The quantitative estimate of drug-likeness (QED) is 0.339. The van der Waals surface area contributed by atoms with Crippen LogP contribution < -0.4 is 10.7 Å². The number of amides is 2. The molecule has 25 heavy (non-hydrogen) atoms. The van der Waals surface area contributed by atoms with Gasteiger partial charge in [-0.15, -0.1) is 6.58 Å². The molecule has 6 heteroatoms. The number of hydrogen-bond donors (Lipinski definition) is 3. The molecular formula is C19H19N3O3. The van der Waals surface area contributed by atoms with E-state index >= 15 is 0 Å². The molecule has 0 fully saturated rings. The molecule has 2 aromatic carbocycles. The number of phenolic OH excluding ortho intramolecular Hbond substituents is 1. The molecule has 0 saturated carbocycles. The Bertz CT molecular complexity index is 828. The lowest BCUT2D eigenvalue weighted by Gasteiger charge is -2.05. The average molecular weight is 337 g/mol. The van der Waals surface area contributed by atoms with Crippen LogP contribution in [0.5, 0.6) is 5.75 Å². The number of nitrogens with one attached hydrogen (secondary N) is 2. The highest BCUT2D eigenvalue weighted by Crippen LogP contribution is 2.21. The third-order valence-corrected chi connectivity index (χ3v) is 3.37. The maximum absolute atomic E-state index is 11.8. The Kier molecular flexibility index (Phi) is 6.06. The van der Waals surface area contributed by atoms with E-state index in [1.54, 1.807) is 42.5 Å². The van der Waals surface area contributed by atoms with E-state index in [2.05, 4.69) is 22.4 Å². The van der Waals surface area contributed by atoms with Crippen LogP contribution in [-0.2, 0) is 16.0 Å². The second-order valence-electron chi connectivity index (χ2n) is 5.37. The second-order valence-corrected chi connectivity index (χ2v) is 5.37. The van der Waals surface area contributed by atoms with E-state index in [1.165, 1.54) is 6.21 Å². The van der Waals surface area contributed by atoms with Crippen molar-refractivity contribution in [2.24, 2.45) is 5.10 Å². The van der Waals surface area contributed by atoms with Crippen molar-refractivity contribution in [1.82, 2.24) is 5.43 Å². The van der Waals surface area contributed by atoms with Gasteiger partial charge in [-0.25, -0.2) is 5.43 Å². The Balaban J connectivity index is 1.97. The molecule has 128 valence electrons. The third-order valence-electron chi connectivity index (χ3n) is 3.37. The monoisotopic (exact) mass is 337 g/mol. The summed E-state index contributed by atoms with van der Waals surface area (Å²) in [6.45, 7) is 5.51. The van der Waals surface area contributed by atoms with Crippen LogP contribution in [0.4, 0.5) is 5.69 Å². The summed E-state index contributed by atoms with van der Waals surface area (Å²) in [5, 5.41) is 16.3. The third kappa shape index (κ3) is 5.04. The van der Waals surface area contributed by atoms with Crippen molar-refractivity contribution in [2.45, 2.75) is 13.3 Å². The fraction of sp³-hybridized carbons (Fsp3) is 0.105. The minimum atomic E-state index is -0.903. The van der Waals surface area contributed by atoms with Crippen molar-refractivity contribution >= 4 is 23.7 Å². The summed E-state index contributed by atoms with van der Waals surface area (Å²) in [5.41, 5.74) is 4.75. The Morgan fingerprint density at radius 3 is 2.68 bits per heavy atom. The van der Waals surface area contributed by atoms with Crippen LogP contribution in [0.1, 0.15) is 16.7 Å². The zero-order chi connectivity index (χ0) is 18.2. The molecule has 2 amide bonds. The molecule has 0 spiro atoms. The number of rotatable bonds is 5. The number of aryl methyl sites for hydroxylation is 1. The van der Waals surface area contributed by atoms with Crippen molar-refractivity contribution < 1.29 is 14.7 Å². The summed E-state index contributed by atoms with van der Waals surface area (Å²) < 4.78 is 0. The molecule has 0 aliphatic carbocycles. The number of allylic oxidation sites excluding steroid dienone is 1. The topological polar surface area (TPSA) is 90.8 Å². The molecule has 0 bridgehead atoms. The summed E-state index contributed by atoms with van der Waals surface area (Å²) in [4.78, 5) is 23.6. The molecule has 0 saturated heterocycles. The minimum absolute atomic E-state index is 0.0598. The van der Waals surface area contributed by atoms with Crippen LogP contribution in [0.3, 0.4) is 0 Å². The summed E-state index contributed by atoms with van der Waals surface area (Å²) in [6, 6.07) is 12.3. The Hall–Kier alpha value is -3.41. The summed E-state index contributed by atoms with van der Waals surface area (Å²) >= 11 is 0. The highest BCUT2D eigenvalue weighted by atomic mass is 16.3. The lowest BCUT2D eigenvalue weighted by molar-refractivity contribution is -0.136. The van der Waals surface area contributed by atoms with Gasteiger partial charge in [-0.3, -0.25) is 9.59 Å². The average Bonchev–Trinajstić information content (AvgIpc) is 2.58. The molecule has 6 nitrogen and oxygen atoms in total. The molecule has 0 radical (unpaired) electrons. The van der Waals surface area contributed by atoms with E-state index in [1.807, 2.05) is 13.0 Å². The van der Waals surface area contributed by atoms with Gasteiger partial charge in [0, 0.05) is 11.3 Å². The molecule has 0 atom stereocenters. The zero-order valence-corrected chi connectivity index (χ0v) is 13.8. The van der Waals surface area contributed by atoms with E-state index < -0.39 is 11.8 Å². The second kappa shape index (κ2) is 8.44. The molecule has 0 aromatic heterocycles. The largest absolute Gasteiger partial charge is 0.507 e. The van der Waals surface area contributed by atoms with Crippen LogP contribution >= 0.6 is 0 Å². The van der Waals surface area contributed by atoms with Gasteiger partial charge in [-0.2, -0.15) is 5.10 Å². The maximum atomic E-state index is 11.8. The summed E-state index contributed by atoms with van der Waals surface area (Å²) in [6.07, 6.45) is 3.46. The molecule has 3 N–H and O–H groups in total. The number of hydrazone groups is 1. The zero-order valence-electron chi connectivity index (χ0n) is 13.8. The van der Waals surface area contributed by atoms with E-state index in [4.69, 9.17) is 0 Å². The van der Waals surface area contributed by atoms with E-state index in [9.17, 15) is 14.7 Å². The number of benzene rings is 2. The lowest BCUT2D eigenvalue weighted by Crippen LogP contribution is -2.32. The number of hydrogen-bond acceptors (Lipinski definition) is 4. The minimum Gasteiger partial charge on any atom is -0.507 e. The normalized spacial score (nSPS) is 10.4. The van der Waals surface area contributed by atoms with Crippen LogP contribution in [-0.4, -0.2) is 23.1 Å².